The fourth-order valence-corrected chi connectivity index (χ4v) is 4.78. The largest absolute Gasteiger partial charge is 0.390 e. The van der Waals surface area contributed by atoms with Crippen molar-refractivity contribution in [3.63, 3.8) is 0 Å². The zero-order valence-electron chi connectivity index (χ0n) is 22.5. The number of aromatic nitrogens is 1. The molecule has 0 bridgehead atoms. The van der Waals surface area contributed by atoms with Crippen molar-refractivity contribution in [1.29, 1.82) is 0 Å². The van der Waals surface area contributed by atoms with Crippen LogP contribution in [0.5, 0.6) is 0 Å². The molecular formula is C26H41N5O5S. The molecule has 0 spiro atoms. The van der Waals surface area contributed by atoms with E-state index in [2.05, 4.69) is 39.7 Å². The highest BCUT2D eigenvalue weighted by Gasteiger charge is 2.32. The summed E-state index contributed by atoms with van der Waals surface area (Å²) in [5, 5.41) is 19.2. The van der Waals surface area contributed by atoms with Gasteiger partial charge in [0.2, 0.25) is 10.0 Å². The lowest BCUT2D eigenvalue weighted by atomic mass is 10.1. The van der Waals surface area contributed by atoms with Gasteiger partial charge >= 0.3 is 0 Å². The number of aliphatic hydroxyl groups excluding tert-OH is 1. The van der Waals surface area contributed by atoms with E-state index in [1.165, 1.54) is 20.2 Å². The van der Waals surface area contributed by atoms with Crippen LogP contribution in [0.3, 0.4) is 0 Å². The van der Waals surface area contributed by atoms with E-state index in [-0.39, 0.29) is 24.5 Å². The summed E-state index contributed by atoms with van der Waals surface area (Å²) in [6.07, 6.45) is 2.53. The van der Waals surface area contributed by atoms with Crippen molar-refractivity contribution < 1.29 is 23.1 Å². The number of carbonyl (C=O) groups is 1. The summed E-state index contributed by atoms with van der Waals surface area (Å²) >= 11 is 0. The molecule has 0 aromatic carbocycles. The quantitative estimate of drug-likeness (QED) is 0.208. The third-order valence-corrected chi connectivity index (χ3v) is 8.92. The number of carbonyl (C=O) groups excluding carboxylic acids is 1. The van der Waals surface area contributed by atoms with E-state index >= 15 is 0 Å². The molecule has 2 fully saturated rings. The van der Waals surface area contributed by atoms with Crippen molar-refractivity contribution in [3.05, 3.63) is 17.7 Å². The Hall–Kier alpha value is -2.39. The fourth-order valence-electron chi connectivity index (χ4n) is 3.79. The predicted octanol–water partition coefficient (Wildman–Crippen LogP) is 1.43. The highest BCUT2D eigenvalue weighted by atomic mass is 32.2. The van der Waals surface area contributed by atoms with E-state index in [1.807, 2.05) is 0 Å². The molecule has 2 saturated carbocycles. The van der Waals surface area contributed by atoms with Crippen LogP contribution in [0.2, 0.25) is 0 Å². The summed E-state index contributed by atoms with van der Waals surface area (Å²) in [5.74, 6) is 7.99. The van der Waals surface area contributed by atoms with Crippen LogP contribution in [0.4, 0.5) is 11.6 Å². The Labute approximate surface area is 221 Å². The van der Waals surface area contributed by atoms with E-state index in [4.69, 9.17) is 4.74 Å². The van der Waals surface area contributed by atoms with Crippen molar-refractivity contribution in [2.24, 2.45) is 17.8 Å². The maximum atomic E-state index is 13.3. The molecule has 206 valence electrons. The van der Waals surface area contributed by atoms with Gasteiger partial charge in [0.1, 0.15) is 11.6 Å². The second kappa shape index (κ2) is 12.9. The molecule has 11 heteroatoms. The molecule has 4 atom stereocenters. The lowest BCUT2D eigenvalue weighted by Gasteiger charge is -2.25. The maximum absolute atomic E-state index is 13.3. The second-order valence-electron chi connectivity index (χ2n) is 10.3. The number of aliphatic hydroxyl groups is 1. The summed E-state index contributed by atoms with van der Waals surface area (Å²) in [5.41, 5.74) is 0.235. The molecule has 0 aliphatic heterocycles. The van der Waals surface area contributed by atoms with Crippen molar-refractivity contribution in [2.45, 2.75) is 57.4 Å². The number of hydrogen-bond donors (Lipinski definition) is 4. The van der Waals surface area contributed by atoms with E-state index in [0.717, 1.165) is 23.6 Å². The minimum Gasteiger partial charge on any atom is -0.390 e. The number of rotatable bonds is 14. The molecular weight excluding hydrogens is 494 g/mol. The van der Waals surface area contributed by atoms with E-state index in [0.29, 0.717) is 36.7 Å². The lowest BCUT2D eigenvalue weighted by molar-refractivity contribution is 0.0601. The SMILES string of the molecule is COC[C@H](NC(=O)c1cc(NC[C@H]2C[C@@H]2C)nc(N(C)S(=O)(=O)C(C)C)c1)[C@H](O)CNCC#CC1CC1. The van der Waals surface area contributed by atoms with Crippen molar-refractivity contribution >= 4 is 27.6 Å². The topological polar surface area (TPSA) is 133 Å². The monoisotopic (exact) mass is 535 g/mol. The van der Waals surface area contributed by atoms with Gasteiger partial charge in [-0.15, -0.1) is 0 Å². The third-order valence-electron chi connectivity index (χ3n) is 6.77. The van der Waals surface area contributed by atoms with Crippen LogP contribution in [0.15, 0.2) is 12.1 Å². The first-order chi connectivity index (χ1) is 17.5. The summed E-state index contributed by atoms with van der Waals surface area (Å²) in [4.78, 5) is 17.7. The van der Waals surface area contributed by atoms with Gasteiger partial charge in [-0.1, -0.05) is 18.8 Å². The van der Waals surface area contributed by atoms with Crippen LogP contribution in [-0.2, 0) is 14.8 Å². The zero-order chi connectivity index (χ0) is 27.2. The molecule has 3 rings (SSSR count). The van der Waals surface area contributed by atoms with Crippen molar-refractivity contribution in [3.8, 4) is 11.8 Å². The predicted molar refractivity (Wildman–Crippen MR) is 145 cm³/mol. The Morgan fingerprint density at radius 2 is 2.03 bits per heavy atom. The van der Waals surface area contributed by atoms with Crippen LogP contribution in [0.1, 0.15) is 50.4 Å². The van der Waals surface area contributed by atoms with Gasteiger partial charge in [0.15, 0.2) is 0 Å². The first kappa shape index (κ1) is 29.2. The Morgan fingerprint density at radius 3 is 2.62 bits per heavy atom. The lowest BCUT2D eigenvalue weighted by Crippen LogP contribution is -2.50. The van der Waals surface area contributed by atoms with Gasteiger partial charge < -0.3 is 25.8 Å². The molecule has 4 N–H and O–H groups in total. The number of sulfonamides is 1. The highest BCUT2D eigenvalue weighted by molar-refractivity contribution is 7.93. The molecule has 2 aliphatic rings. The summed E-state index contributed by atoms with van der Waals surface area (Å²) in [6, 6.07) is 2.37. The summed E-state index contributed by atoms with van der Waals surface area (Å²) < 4.78 is 31.9. The summed E-state index contributed by atoms with van der Waals surface area (Å²) in [6.45, 7) is 6.86. The molecule has 0 unspecified atom stereocenters. The van der Waals surface area contributed by atoms with Crippen LogP contribution in [-0.4, -0.2) is 82.2 Å². The van der Waals surface area contributed by atoms with Gasteiger partial charge in [0, 0.05) is 38.7 Å². The van der Waals surface area contributed by atoms with Gasteiger partial charge in [0.25, 0.3) is 5.91 Å². The number of amides is 1. The van der Waals surface area contributed by atoms with Gasteiger partial charge in [-0.05, 0) is 57.1 Å². The number of methoxy groups -OCH3 is 1. The second-order valence-corrected chi connectivity index (χ2v) is 12.9. The average Bonchev–Trinajstić information content (AvgIpc) is 3.79. The Bertz CT molecular complexity index is 1100. The standard InChI is InChI=1S/C26H41N5O5S/c1-17(2)37(34,35)31(4)25-13-20(12-24(30-25)28-14-21-11-18(21)3)26(33)29-22(16-36-5)23(32)15-27-10-6-7-19-8-9-19/h12-13,17-19,21-23,27,32H,8-11,14-16H2,1-5H3,(H,28,30)(H,29,33)/t18-,21+,22-,23+/m0/s1. The number of nitrogens with one attached hydrogen (secondary N) is 3. The van der Waals surface area contributed by atoms with Gasteiger partial charge in [-0.25, -0.2) is 13.4 Å². The van der Waals surface area contributed by atoms with Gasteiger partial charge in [-0.2, -0.15) is 0 Å². The van der Waals surface area contributed by atoms with E-state index in [9.17, 15) is 18.3 Å². The van der Waals surface area contributed by atoms with E-state index < -0.39 is 33.3 Å². The first-order valence-corrected chi connectivity index (χ1v) is 14.4. The first-order valence-electron chi connectivity index (χ1n) is 12.9. The Morgan fingerprint density at radius 1 is 1.32 bits per heavy atom. The molecule has 10 nitrogen and oxygen atoms in total. The molecule has 2 aliphatic carbocycles. The van der Waals surface area contributed by atoms with Crippen LogP contribution in [0, 0.1) is 29.6 Å². The molecule has 1 amide bonds. The summed E-state index contributed by atoms with van der Waals surface area (Å²) in [7, 11) is -0.717. The van der Waals surface area contributed by atoms with Crippen LogP contribution in [0.25, 0.3) is 0 Å². The Kier molecular flexibility index (Phi) is 10.2. The number of anilines is 2. The molecule has 1 heterocycles. The molecule has 37 heavy (non-hydrogen) atoms. The minimum atomic E-state index is -3.65. The number of nitrogens with zero attached hydrogens (tertiary/aromatic N) is 2. The number of ether oxygens (including phenoxy) is 1. The zero-order valence-corrected chi connectivity index (χ0v) is 23.3. The minimum absolute atomic E-state index is 0.104. The van der Waals surface area contributed by atoms with Crippen molar-refractivity contribution in [2.75, 3.05) is 50.0 Å². The molecule has 1 aromatic rings. The molecule has 1 aromatic heterocycles. The Balaban J connectivity index is 1.73. The highest BCUT2D eigenvalue weighted by Crippen LogP contribution is 2.37. The number of pyridine rings is 1. The fraction of sp³-hybridized carbons (Fsp3) is 0.692. The normalized spacial score (nSPS) is 20.5. The third kappa shape index (κ3) is 8.57. The average molecular weight is 536 g/mol. The number of hydrogen-bond acceptors (Lipinski definition) is 8. The van der Waals surface area contributed by atoms with Gasteiger partial charge in [-0.3, -0.25) is 9.10 Å². The van der Waals surface area contributed by atoms with E-state index in [1.54, 1.807) is 19.9 Å². The van der Waals surface area contributed by atoms with Gasteiger partial charge in [0.05, 0.1) is 30.5 Å². The van der Waals surface area contributed by atoms with Crippen molar-refractivity contribution in [1.82, 2.24) is 15.6 Å². The van der Waals surface area contributed by atoms with Crippen LogP contribution >= 0.6 is 0 Å². The smallest absolute Gasteiger partial charge is 0.251 e. The molecule has 0 radical (unpaired) electrons. The maximum Gasteiger partial charge on any atom is 0.251 e. The molecule has 0 saturated heterocycles. The van der Waals surface area contributed by atoms with Crippen LogP contribution < -0.4 is 20.3 Å².